The van der Waals surface area contributed by atoms with Gasteiger partial charge in [-0.3, -0.25) is 9.59 Å². The molecule has 0 bridgehead atoms. The number of benzene rings is 3. The first-order valence-electron chi connectivity index (χ1n) is 10.4. The van der Waals surface area contributed by atoms with E-state index in [1.807, 2.05) is 30.3 Å². The zero-order valence-electron chi connectivity index (χ0n) is 17.5. The monoisotopic (exact) mass is 449 g/mol. The maximum atomic E-state index is 13.5. The molecule has 1 aliphatic rings. The lowest BCUT2D eigenvalue weighted by atomic mass is 10.0. The third kappa shape index (κ3) is 5.79. The highest BCUT2D eigenvalue weighted by Gasteiger charge is 2.32. The van der Waals surface area contributed by atoms with Crippen molar-refractivity contribution in [2.75, 3.05) is 5.32 Å². The van der Waals surface area contributed by atoms with Crippen LogP contribution < -0.4 is 10.6 Å². The van der Waals surface area contributed by atoms with Crippen LogP contribution >= 0.6 is 0 Å². The van der Waals surface area contributed by atoms with Gasteiger partial charge in [-0.15, -0.1) is 0 Å². The lowest BCUT2D eigenvalue weighted by molar-refractivity contribution is -0.134. The standard InChI is InChI=1S/C25H21F2N3O3/c26-18-9-11-20(12-10-18)28-24(31)22(13-16-5-2-1-3-6-16)29-25(32)23-15-21(30-33-23)17-7-4-8-19(27)14-17/h1-12,14,22-23H,13,15H2,(H,28,31)(H,29,32)/t22-,23+/m1/s1. The van der Waals surface area contributed by atoms with Gasteiger partial charge in [0.2, 0.25) is 12.0 Å². The minimum absolute atomic E-state index is 0.146. The molecule has 33 heavy (non-hydrogen) atoms. The molecule has 0 aromatic heterocycles. The number of hydrogen-bond donors (Lipinski definition) is 2. The fourth-order valence-electron chi connectivity index (χ4n) is 3.44. The lowest BCUT2D eigenvalue weighted by Crippen LogP contribution is -2.48. The molecule has 2 atom stereocenters. The van der Waals surface area contributed by atoms with Gasteiger partial charge in [-0.05, 0) is 42.0 Å². The summed E-state index contributed by atoms with van der Waals surface area (Å²) in [6, 6.07) is 19.5. The number of hydrogen-bond acceptors (Lipinski definition) is 4. The maximum Gasteiger partial charge on any atom is 0.265 e. The Morgan fingerprint density at radius 2 is 1.73 bits per heavy atom. The minimum Gasteiger partial charge on any atom is -0.382 e. The summed E-state index contributed by atoms with van der Waals surface area (Å²) in [6.45, 7) is 0. The Balaban J connectivity index is 1.44. The molecule has 0 spiro atoms. The van der Waals surface area contributed by atoms with E-state index in [0.29, 0.717) is 17.0 Å². The van der Waals surface area contributed by atoms with E-state index in [2.05, 4.69) is 15.8 Å². The van der Waals surface area contributed by atoms with Crippen LogP contribution in [-0.4, -0.2) is 29.7 Å². The van der Waals surface area contributed by atoms with Crippen molar-refractivity contribution in [1.82, 2.24) is 5.32 Å². The topological polar surface area (TPSA) is 79.8 Å². The van der Waals surface area contributed by atoms with E-state index in [4.69, 9.17) is 4.84 Å². The predicted octanol–water partition coefficient (Wildman–Crippen LogP) is 3.82. The number of nitrogens with one attached hydrogen (secondary N) is 2. The second kappa shape index (κ2) is 10.0. The van der Waals surface area contributed by atoms with E-state index in [1.165, 1.54) is 36.4 Å². The molecule has 6 nitrogen and oxygen atoms in total. The summed E-state index contributed by atoms with van der Waals surface area (Å²) in [4.78, 5) is 31.1. The molecule has 0 unspecified atom stereocenters. The largest absolute Gasteiger partial charge is 0.382 e. The lowest BCUT2D eigenvalue weighted by Gasteiger charge is -2.20. The Kier molecular flexibility index (Phi) is 6.73. The number of nitrogens with zero attached hydrogens (tertiary/aromatic N) is 1. The molecule has 2 N–H and O–H groups in total. The van der Waals surface area contributed by atoms with Crippen molar-refractivity contribution in [2.45, 2.75) is 25.0 Å². The van der Waals surface area contributed by atoms with E-state index in [9.17, 15) is 18.4 Å². The predicted molar refractivity (Wildman–Crippen MR) is 120 cm³/mol. The van der Waals surface area contributed by atoms with E-state index < -0.39 is 35.6 Å². The van der Waals surface area contributed by atoms with Crippen molar-refractivity contribution in [1.29, 1.82) is 0 Å². The second-order valence-corrected chi connectivity index (χ2v) is 7.59. The fourth-order valence-corrected chi connectivity index (χ4v) is 3.44. The number of oxime groups is 1. The Labute approximate surface area is 189 Å². The molecule has 2 amide bonds. The van der Waals surface area contributed by atoms with E-state index in [1.54, 1.807) is 12.1 Å². The Morgan fingerprint density at radius 3 is 2.45 bits per heavy atom. The molecule has 8 heteroatoms. The average Bonchev–Trinajstić information content (AvgIpc) is 3.31. The van der Waals surface area contributed by atoms with Gasteiger partial charge in [-0.1, -0.05) is 47.6 Å². The zero-order chi connectivity index (χ0) is 23.2. The summed E-state index contributed by atoms with van der Waals surface area (Å²) in [7, 11) is 0. The van der Waals surface area contributed by atoms with Crippen LogP contribution in [0.4, 0.5) is 14.5 Å². The van der Waals surface area contributed by atoms with Crippen LogP contribution in [0, 0.1) is 11.6 Å². The smallest absolute Gasteiger partial charge is 0.265 e. The summed E-state index contributed by atoms with van der Waals surface area (Å²) in [5.74, 6) is -1.80. The molecule has 1 aliphatic heterocycles. The van der Waals surface area contributed by atoms with Crippen LogP contribution in [0.25, 0.3) is 0 Å². The third-order valence-electron chi connectivity index (χ3n) is 5.15. The Hall–Kier alpha value is -4.07. The average molecular weight is 449 g/mol. The second-order valence-electron chi connectivity index (χ2n) is 7.59. The quantitative estimate of drug-likeness (QED) is 0.576. The summed E-state index contributed by atoms with van der Waals surface area (Å²) in [5.41, 5.74) is 2.23. The molecule has 168 valence electrons. The van der Waals surface area contributed by atoms with Crippen molar-refractivity contribution >= 4 is 23.2 Å². The normalized spacial score (nSPS) is 15.8. The van der Waals surface area contributed by atoms with Gasteiger partial charge < -0.3 is 15.5 Å². The zero-order valence-corrected chi connectivity index (χ0v) is 17.5. The summed E-state index contributed by atoms with van der Waals surface area (Å²) in [5, 5.41) is 9.33. The number of carbonyl (C=O) groups excluding carboxylic acids is 2. The molecule has 3 aromatic carbocycles. The Morgan fingerprint density at radius 1 is 0.970 bits per heavy atom. The summed E-state index contributed by atoms with van der Waals surface area (Å²) in [6.07, 6.45) is -0.559. The van der Waals surface area contributed by atoms with Crippen molar-refractivity contribution in [3.8, 4) is 0 Å². The van der Waals surface area contributed by atoms with Crippen LogP contribution in [0.15, 0.2) is 84.0 Å². The molecular formula is C25H21F2N3O3. The van der Waals surface area contributed by atoms with Crippen LogP contribution in [0.2, 0.25) is 0 Å². The van der Waals surface area contributed by atoms with Gasteiger partial charge in [0.05, 0.1) is 5.71 Å². The van der Waals surface area contributed by atoms with Gasteiger partial charge in [0.15, 0.2) is 0 Å². The third-order valence-corrected chi connectivity index (χ3v) is 5.15. The van der Waals surface area contributed by atoms with Crippen molar-refractivity contribution < 1.29 is 23.2 Å². The highest BCUT2D eigenvalue weighted by Crippen LogP contribution is 2.18. The van der Waals surface area contributed by atoms with Crippen LogP contribution in [-0.2, 0) is 20.8 Å². The first kappa shape index (κ1) is 22.1. The number of halogens is 2. The molecule has 0 saturated carbocycles. The van der Waals surface area contributed by atoms with Crippen LogP contribution in [0.5, 0.6) is 0 Å². The van der Waals surface area contributed by atoms with Gasteiger partial charge in [-0.25, -0.2) is 8.78 Å². The van der Waals surface area contributed by atoms with Crippen molar-refractivity contribution in [3.05, 3.63) is 102 Å². The van der Waals surface area contributed by atoms with Crippen molar-refractivity contribution in [2.24, 2.45) is 5.16 Å². The number of carbonyl (C=O) groups is 2. The molecule has 1 heterocycles. The fraction of sp³-hybridized carbons (Fsp3) is 0.160. The highest BCUT2D eigenvalue weighted by atomic mass is 19.1. The van der Waals surface area contributed by atoms with E-state index in [-0.39, 0.29) is 12.8 Å². The first-order chi connectivity index (χ1) is 16.0. The van der Waals surface area contributed by atoms with Gasteiger partial charge >= 0.3 is 0 Å². The number of amides is 2. The van der Waals surface area contributed by atoms with Gasteiger partial charge in [-0.2, -0.15) is 0 Å². The summed E-state index contributed by atoms with van der Waals surface area (Å²) < 4.78 is 26.7. The van der Waals surface area contributed by atoms with Gasteiger partial charge in [0.25, 0.3) is 5.91 Å². The molecule has 0 saturated heterocycles. The maximum absolute atomic E-state index is 13.5. The minimum atomic E-state index is -0.944. The molecule has 0 fully saturated rings. The molecule has 3 aromatic rings. The SMILES string of the molecule is O=C(N[C@H](Cc1ccccc1)C(=O)Nc1ccc(F)cc1)[C@@H]1CC(c2cccc(F)c2)=NO1. The van der Waals surface area contributed by atoms with Crippen LogP contribution in [0.3, 0.4) is 0 Å². The van der Waals surface area contributed by atoms with Crippen molar-refractivity contribution in [3.63, 3.8) is 0 Å². The molecule has 0 radical (unpaired) electrons. The molecule has 0 aliphatic carbocycles. The summed E-state index contributed by atoms with van der Waals surface area (Å²) >= 11 is 0. The Bertz CT molecular complexity index is 1170. The van der Waals surface area contributed by atoms with Gasteiger partial charge in [0.1, 0.15) is 17.7 Å². The highest BCUT2D eigenvalue weighted by molar-refractivity contribution is 6.05. The molecular weight excluding hydrogens is 428 g/mol. The van der Waals surface area contributed by atoms with Crippen LogP contribution in [0.1, 0.15) is 17.5 Å². The van der Waals surface area contributed by atoms with E-state index >= 15 is 0 Å². The van der Waals surface area contributed by atoms with Gasteiger partial charge in [0, 0.05) is 24.1 Å². The number of rotatable bonds is 7. The molecule has 4 rings (SSSR count). The first-order valence-corrected chi connectivity index (χ1v) is 10.4. The van der Waals surface area contributed by atoms with E-state index in [0.717, 1.165) is 5.56 Å². The number of anilines is 1.